The summed E-state index contributed by atoms with van der Waals surface area (Å²) < 4.78 is 42.1. The normalized spacial score (nSPS) is 24.0. The number of alkyl halides is 3. The van der Waals surface area contributed by atoms with Gasteiger partial charge in [0.15, 0.2) is 0 Å². The first-order valence-corrected chi connectivity index (χ1v) is 5.49. The molecule has 0 radical (unpaired) electrons. The van der Waals surface area contributed by atoms with Crippen LogP contribution in [0.5, 0.6) is 5.75 Å². The lowest BCUT2D eigenvalue weighted by molar-refractivity contribution is -0.127. The van der Waals surface area contributed by atoms with Crippen molar-refractivity contribution < 1.29 is 17.9 Å². The monoisotopic (exact) mass is 245 g/mol. The Morgan fingerprint density at radius 3 is 2.76 bits per heavy atom. The molecule has 2 unspecified atom stereocenters. The molecule has 1 aromatic carbocycles. The zero-order chi connectivity index (χ0) is 12.5. The predicted molar refractivity (Wildman–Crippen MR) is 57.9 cm³/mol. The van der Waals surface area contributed by atoms with Crippen molar-refractivity contribution in [2.75, 3.05) is 13.2 Å². The van der Waals surface area contributed by atoms with Crippen LogP contribution in [0.3, 0.4) is 0 Å². The minimum Gasteiger partial charge on any atom is -0.493 e. The van der Waals surface area contributed by atoms with Crippen LogP contribution >= 0.6 is 0 Å². The van der Waals surface area contributed by atoms with Crippen LogP contribution in [0.2, 0.25) is 0 Å². The number of fused-ring (bicyclic) bond motifs is 1. The van der Waals surface area contributed by atoms with Gasteiger partial charge in [0.25, 0.3) is 0 Å². The van der Waals surface area contributed by atoms with Crippen molar-refractivity contribution in [2.45, 2.75) is 19.1 Å². The molecule has 5 heteroatoms. The Balaban J connectivity index is 2.15. The molecular weight excluding hydrogens is 231 g/mol. The summed E-state index contributed by atoms with van der Waals surface area (Å²) in [6, 6.07) is 6.90. The molecule has 0 amide bonds. The fourth-order valence-electron chi connectivity index (χ4n) is 2.03. The highest BCUT2D eigenvalue weighted by atomic mass is 19.4. The smallest absolute Gasteiger partial charge is 0.401 e. The molecule has 2 atom stereocenters. The first-order valence-electron chi connectivity index (χ1n) is 5.49. The molecule has 0 bridgehead atoms. The van der Waals surface area contributed by atoms with Crippen molar-refractivity contribution in [3.05, 3.63) is 29.8 Å². The van der Waals surface area contributed by atoms with E-state index in [9.17, 15) is 13.2 Å². The first-order chi connectivity index (χ1) is 7.97. The average Bonchev–Trinajstić information content (AvgIpc) is 2.26. The molecule has 1 heterocycles. The van der Waals surface area contributed by atoms with Crippen molar-refractivity contribution >= 4 is 0 Å². The molecule has 2 nitrogen and oxygen atoms in total. The fourth-order valence-corrected chi connectivity index (χ4v) is 2.03. The second kappa shape index (κ2) is 4.56. The van der Waals surface area contributed by atoms with Crippen LogP contribution < -0.4 is 10.1 Å². The SMILES string of the molecule is CC1COc2ccccc2C1NCC(F)(F)F. The number of hydrogen-bond donors (Lipinski definition) is 1. The number of ether oxygens (including phenoxy) is 1. The lowest BCUT2D eigenvalue weighted by Gasteiger charge is -2.32. The van der Waals surface area contributed by atoms with Gasteiger partial charge in [-0.15, -0.1) is 0 Å². The topological polar surface area (TPSA) is 21.3 Å². The van der Waals surface area contributed by atoms with Crippen LogP contribution in [0.1, 0.15) is 18.5 Å². The summed E-state index contributed by atoms with van der Waals surface area (Å²) in [6.45, 7) is 1.34. The average molecular weight is 245 g/mol. The van der Waals surface area contributed by atoms with E-state index in [1.165, 1.54) is 0 Å². The minimum atomic E-state index is -4.19. The molecular formula is C12H14F3NO. The van der Waals surface area contributed by atoms with Gasteiger partial charge >= 0.3 is 6.18 Å². The van der Waals surface area contributed by atoms with Gasteiger partial charge in [0.2, 0.25) is 0 Å². The van der Waals surface area contributed by atoms with Crippen LogP contribution in [0.4, 0.5) is 13.2 Å². The Morgan fingerprint density at radius 1 is 1.35 bits per heavy atom. The third kappa shape index (κ3) is 2.91. The third-order valence-corrected chi connectivity index (χ3v) is 2.85. The Labute approximate surface area is 97.8 Å². The van der Waals surface area contributed by atoms with E-state index in [1.807, 2.05) is 19.1 Å². The van der Waals surface area contributed by atoms with E-state index in [-0.39, 0.29) is 12.0 Å². The molecule has 0 saturated heterocycles. The zero-order valence-corrected chi connectivity index (χ0v) is 9.42. The molecule has 0 fully saturated rings. The van der Waals surface area contributed by atoms with Gasteiger partial charge < -0.3 is 10.1 Å². The Hall–Kier alpha value is -1.23. The van der Waals surface area contributed by atoms with E-state index >= 15 is 0 Å². The molecule has 1 aliphatic rings. The largest absolute Gasteiger partial charge is 0.493 e. The summed E-state index contributed by atoms with van der Waals surface area (Å²) in [5, 5.41) is 2.56. The maximum atomic E-state index is 12.2. The van der Waals surface area contributed by atoms with Crippen molar-refractivity contribution in [1.82, 2.24) is 5.32 Å². The van der Waals surface area contributed by atoms with Crippen LogP contribution in [-0.2, 0) is 0 Å². The zero-order valence-electron chi connectivity index (χ0n) is 9.42. The van der Waals surface area contributed by atoms with Gasteiger partial charge in [0, 0.05) is 17.5 Å². The summed E-state index contributed by atoms with van der Waals surface area (Å²) in [5.41, 5.74) is 0.801. The van der Waals surface area contributed by atoms with E-state index in [4.69, 9.17) is 4.74 Å². The second-order valence-electron chi connectivity index (χ2n) is 4.30. The standard InChI is InChI=1S/C12H14F3NO/c1-8-6-17-10-5-3-2-4-9(10)11(8)16-7-12(13,14)15/h2-5,8,11,16H,6-7H2,1H3. The molecule has 17 heavy (non-hydrogen) atoms. The van der Waals surface area contributed by atoms with E-state index in [0.29, 0.717) is 12.4 Å². The second-order valence-corrected chi connectivity index (χ2v) is 4.30. The molecule has 94 valence electrons. The Morgan fingerprint density at radius 2 is 2.06 bits per heavy atom. The molecule has 1 aromatic rings. The van der Waals surface area contributed by atoms with Gasteiger partial charge in [0.05, 0.1) is 13.2 Å². The highest BCUT2D eigenvalue weighted by Crippen LogP contribution is 2.35. The fraction of sp³-hybridized carbons (Fsp3) is 0.500. The summed E-state index contributed by atoms with van der Waals surface area (Å²) in [4.78, 5) is 0. The molecule has 1 N–H and O–H groups in total. The summed E-state index contributed by atoms with van der Waals surface area (Å²) in [7, 11) is 0. The number of para-hydroxylation sites is 1. The van der Waals surface area contributed by atoms with E-state index in [1.54, 1.807) is 12.1 Å². The van der Waals surface area contributed by atoms with Gasteiger partial charge in [-0.25, -0.2) is 0 Å². The molecule has 0 spiro atoms. The van der Waals surface area contributed by atoms with Gasteiger partial charge in [-0.05, 0) is 6.07 Å². The first kappa shape index (κ1) is 12.2. The van der Waals surface area contributed by atoms with Crippen LogP contribution in [0.25, 0.3) is 0 Å². The van der Waals surface area contributed by atoms with Gasteiger partial charge in [-0.2, -0.15) is 13.2 Å². The molecule has 0 aliphatic carbocycles. The molecule has 1 aliphatic heterocycles. The quantitative estimate of drug-likeness (QED) is 0.865. The van der Waals surface area contributed by atoms with Gasteiger partial charge in [0.1, 0.15) is 5.75 Å². The highest BCUT2D eigenvalue weighted by molar-refractivity contribution is 5.37. The van der Waals surface area contributed by atoms with Crippen molar-refractivity contribution in [3.63, 3.8) is 0 Å². The van der Waals surface area contributed by atoms with Crippen molar-refractivity contribution in [3.8, 4) is 5.75 Å². The summed E-state index contributed by atoms with van der Waals surface area (Å²) in [5.74, 6) is 0.692. The molecule has 0 aromatic heterocycles. The van der Waals surface area contributed by atoms with E-state index in [0.717, 1.165) is 5.56 Å². The lowest BCUT2D eigenvalue weighted by atomic mass is 9.92. The molecule has 2 rings (SSSR count). The Bertz CT molecular complexity index is 392. The van der Waals surface area contributed by atoms with Crippen LogP contribution in [0.15, 0.2) is 24.3 Å². The summed E-state index contributed by atoms with van der Waals surface area (Å²) in [6.07, 6.45) is -4.19. The van der Waals surface area contributed by atoms with Crippen LogP contribution in [-0.4, -0.2) is 19.3 Å². The van der Waals surface area contributed by atoms with Gasteiger partial charge in [-0.1, -0.05) is 25.1 Å². The lowest BCUT2D eigenvalue weighted by Crippen LogP contribution is -2.38. The highest BCUT2D eigenvalue weighted by Gasteiger charge is 2.33. The van der Waals surface area contributed by atoms with Gasteiger partial charge in [-0.3, -0.25) is 0 Å². The van der Waals surface area contributed by atoms with E-state index < -0.39 is 12.7 Å². The molecule has 0 saturated carbocycles. The number of benzene rings is 1. The third-order valence-electron chi connectivity index (χ3n) is 2.85. The number of nitrogens with one attached hydrogen (secondary N) is 1. The number of rotatable bonds is 2. The Kier molecular flexibility index (Phi) is 3.28. The van der Waals surface area contributed by atoms with Crippen LogP contribution in [0, 0.1) is 5.92 Å². The predicted octanol–water partition coefficient (Wildman–Crippen LogP) is 2.91. The van der Waals surface area contributed by atoms with Crippen molar-refractivity contribution in [1.29, 1.82) is 0 Å². The minimum absolute atomic E-state index is 0.0206. The maximum Gasteiger partial charge on any atom is 0.401 e. The summed E-state index contributed by atoms with van der Waals surface area (Å²) >= 11 is 0. The van der Waals surface area contributed by atoms with Crippen molar-refractivity contribution in [2.24, 2.45) is 5.92 Å². The number of hydrogen-bond acceptors (Lipinski definition) is 2. The number of halogens is 3. The maximum absolute atomic E-state index is 12.2. The van der Waals surface area contributed by atoms with E-state index in [2.05, 4.69) is 5.32 Å².